The molecule has 0 heterocycles. The third-order valence-corrected chi connectivity index (χ3v) is 8.21. The zero-order valence-corrected chi connectivity index (χ0v) is 20.6. The topological polar surface area (TPSA) is 63.6 Å². The molecule has 0 aliphatic heterocycles. The molecule has 3 aliphatic carbocycles. The van der Waals surface area contributed by atoms with Gasteiger partial charge in [-0.2, -0.15) is 0 Å². The summed E-state index contributed by atoms with van der Waals surface area (Å²) in [6.45, 7) is 6.05. The highest BCUT2D eigenvalue weighted by Gasteiger charge is 2.34. The van der Waals surface area contributed by atoms with Gasteiger partial charge in [0.1, 0.15) is 5.76 Å². The van der Waals surface area contributed by atoms with E-state index in [0.29, 0.717) is 22.8 Å². The number of rotatable bonds is 5. The Kier molecular flexibility index (Phi) is 6.22. The number of carbonyl (C=O) groups is 2. The van der Waals surface area contributed by atoms with E-state index in [9.17, 15) is 14.7 Å². The SMILES string of the molecule is CC1=C(OC(=O)c2cccc(-c3cccc(C(=O)O)c3C)c2)C=C2CC(C3CCCC3)C=C2C1C. The molecule has 2 aromatic rings. The highest BCUT2D eigenvalue weighted by Crippen LogP contribution is 2.47. The number of fused-ring (bicyclic) bond motifs is 1. The maximum absolute atomic E-state index is 13.2. The Morgan fingerprint density at radius 3 is 2.51 bits per heavy atom. The maximum Gasteiger partial charge on any atom is 0.343 e. The van der Waals surface area contributed by atoms with Crippen LogP contribution >= 0.6 is 0 Å². The number of benzene rings is 2. The predicted octanol–water partition coefficient (Wildman–Crippen LogP) is 7.50. The summed E-state index contributed by atoms with van der Waals surface area (Å²) in [5.41, 5.74) is 6.78. The van der Waals surface area contributed by atoms with Crippen molar-refractivity contribution in [3.63, 3.8) is 0 Å². The first-order valence-electron chi connectivity index (χ1n) is 12.6. The van der Waals surface area contributed by atoms with Gasteiger partial charge >= 0.3 is 11.9 Å². The average Bonchev–Trinajstić information content (AvgIpc) is 3.52. The molecule has 35 heavy (non-hydrogen) atoms. The monoisotopic (exact) mass is 468 g/mol. The van der Waals surface area contributed by atoms with Crippen molar-refractivity contribution in [2.45, 2.75) is 52.9 Å². The van der Waals surface area contributed by atoms with Gasteiger partial charge in [-0.1, -0.05) is 50.1 Å². The van der Waals surface area contributed by atoms with Gasteiger partial charge in [0, 0.05) is 5.92 Å². The van der Waals surface area contributed by atoms with Crippen molar-refractivity contribution in [2.24, 2.45) is 17.8 Å². The lowest BCUT2D eigenvalue weighted by molar-refractivity contribution is 0.0629. The van der Waals surface area contributed by atoms with Crippen LogP contribution in [0.5, 0.6) is 0 Å². The number of hydrogen-bond acceptors (Lipinski definition) is 3. The van der Waals surface area contributed by atoms with Crippen LogP contribution in [0.3, 0.4) is 0 Å². The second-order valence-electron chi connectivity index (χ2n) is 10.2. The van der Waals surface area contributed by atoms with E-state index in [0.717, 1.165) is 29.0 Å². The van der Waals surface area contributed by atoms with Gasteiger partial charge in [-0.15, -0.1) is 0 Å². The second-order valence-corrected chi connectivity index (χ2v) is 10.2. The molecule has 0 aromatic heterocycles. The standard InChI is InChI=1S/C31H32O4/c1-18-19(2)29(17-25-15-24(16-28(18)25)21-8-4-5-9-21)35-31(34)23-11-6-10-22(14-23)26-12-7-13-27(20(26)3)30(32)33/h6-7,10-14,16-18,21,24H,4-5,8-9,15H2,1-3H3,(H,32,33). The Labute approximate surface area is 207 Å². The molecule has 1 saturated carbocycles. The Hall–Kier alpha value is -3.40. The quantitative estimate of drug-likeness (QED) is 0.461. The minimum atomic E-state index is -0.961. The van der Waals surface area contributed by atoms with Crippen LogP contribution in [0.15, 0.2) is 77.1 Å². The van der Waals surface area contributed by atoms with Crippen LogP contribution in [0.2, 0.25) is 0 Å². The highest BCUT2D eigenvalue weighted by atomic mass is 16.5. The summed E-state index contributed by atoms with van der Waals surface area (Å²) >= 11 is 0. The summed E-state index contributed by atoms with van der Waals surface area (Å²) in [7, 11) is 0. The van der Waals surface area contributed by atoms with Gasteiger partial charge in [-0.05, 0) is 103 Å². The minimum absolute atomic E-state index is 0.247. The molecule has 3 aliphatic rings. The fourth-order valence-corrected chi connectivity index (χ4v) is 6.00. The summed E-state index contributed by atoms with van der Waals surface area (Å²) in [6, 6.07) is 12.4. The second kappa shape index (κ2) is 9.33. The molecule has 0 amide bonds. The summed E-state index contributed by atoms with van der Waals surface area (Å²) in [5, 5.41) is 9.46. The minimum Gasteiger partial charge on any atom is -0.478 e. The van der Waals surface area contributed by atoms with Crippen LogP contribution in [-0.4, -0.2) is 17.0 Å². The van der Waals surface area contributed by atoms with Crippen LogP contribution in [0, 0.1) is 24.7 Å². The molecular weight excluding hydrogens is 436 g/mol. The molecule has 0 bridgehead atoms. The van der Waals surface area contributed by atoms with Crippen molar-refractivity contribution in [3.05, 3.63) is 93.8 Å². The van der Waals surface area contributed by atoms with Crippen LogP contribution in [0.4, 0.5) is 0 Å². The Morgan fingerprint density at radius 1 is 1.03 bits per heavy atom. The van der Waals surface area contributed by atoms with Crippen molar-refractivity contribution in [2.75, 3.05) is 0 Å². The number of allylic oxidation sites excluding steroid dienone is 5. The molecule has 5 rings (SSSR count). The molecule has 4 heteroatoms. The number of hydrogen-bond donors (Lipinski definition) is 1. The first kappa shape index (κ1) is 23.3. The Balaban J connectivity index is 1.38. The molecule has 2 unspecified atom stereocenters. The summed E-state index contributed by atoms with van der Waals surface area (Å²) in [4.78, 5) is 24.7. The third-order valence-electron chi connectivity index (χ3n) is 8.21. The fraction of sp³-hybridized carbons (Fsp3) is 0.355. The van der Waals surface area contributed by atoms with E-state index in [1.807, 2.05) is 18.2 Å². The molecule has 2 atom stereocenters. The predicted molar refractivity (Wildman–Crippen MR) is 137 cm³/mol. The van der Waals surface area contributed by atoms with Crippen molar-refractivity contribution in [3.8, 4) is 11.1 Å². The number of esters is 1. The fourth-order valence-electron chi connectivity index (χ4n) is 6.00. The van der Waals surface area contributed by atoms with E-state index >= 15 is 0 Å². The van der Waals surface area contributed by atoms with Gasteiger partial charge < -0.3 is 9.84 Å². The number of ether oxygens (including phenoxy) is 1. The average molecular weight is 469 g/mol. The highest BCUT2D eigenvalue weighted by molar-refractivity contribution is 5.94. The van der Waals surface area contributed by atoms with E-state index < -0.39 is 11.9 Å². The molecule has 2 aromatic carbocycles. The van der Waals surface area contributed by atoms with Crippen molar-refractivity contribution in [1.29, 1.82) is 0 Å². The zero-order chi connectivity index (χ0) is 24.7. The van der Waals surface area contributed by atoms with Gasteiger partial charge in [0.2, 0.25) is 0 Å². The van der Waals surface area contributed by atoms with E-state index in [2.05, 4.69) is 26.0 Å². The Bertz CT molecular complexity index is 1290. The first-order valence-corrected chi connectivity index (χ1v) is 12.6. The van der Waals surface area contributed by atoms with Gasteiger partial charge in [-0.3, -0.25) is 0 Å². The van der Waals surface area contributed by atoms with Crippen molar-refractivity contribution >= 4 is 11.9 Å². The lowest BCUT2D eigenvalue weighted by Gasteiger charge is -2.24. The van der Waals surface area contributed by atoms with Crippen LogP contribution in [0.25, 0.3) is 11.1 Å². The van der Waals surface area contributed by atoms with Crippen LogP contribution in [0.1, 0.15) is 72.2 Å². The molecule has 1 fully saturated rings. The molecule has 0 radical (unpaired) electrons. The lowest BCUT2D eigenvalue weighted by atomic mass is 9.85. The van der Waals surface area contributed by atoms with E-state index in [1.54, 1.807) is 31.2 Å². The smallest absolute Gasteiger partial charge is 0.343 e. The van der Waals surface area contributed by atoms with Crippen LogP contribution < -0.4 is 0 Å². The largest absolute Gasteiger partial charge is 0.478 e. The van der Waals surface area contributed by atoms with Crippen LogP contribution in [-0.2, 0) is 4.74 Å². The third kappa shape index (κ3) is 4.38. The van der Waals surface area contributed by atoms with E-state index in [-0.39, 0.29) is 11.5 Å². The molecule has 4 nitrogen and oxygen atoms in total. The first-order chi connectivity index (χ1) is 16.8. The van der Waals surface area contributed by atoms with Gasteiger partial charge in [0.15, 0.2) is 0 Å². The van der Waals surface area contributed by atoms with Gasteiger partial charge in [0.25, 0.3) is 0 Å². The van der Waals surface area contributed by atoms with Gasteiger partial charge in [0.05, 0.1) is 11.1 Å². The Morgan fingerprint density at radius 2 is 1.77 bits per heavy atom. The number of carboxylic acids is 1. The van der Waals surface area contributed by atoms with E-state index in [4.69, 9.17) is 4.74 Å². The van der Waals surface area contributed by atoms with E-state index in [1.165, 1.54) is 36.8 Å². The molecule has 180 valence electrons. The van der Waals surface area contributed by atoms with Crippen molar-refractivity contribution in [1.82, 2.24) is 0 Å². The number of aromatic carboxylic acids is 1. The summed E-state index contributed by atoms with van der Waals surface area (Å²) in [6.07, 6.45) is 11.0. The molecule has 1 N–H and O–H groups in total. The zero-order valence-electron chi connectivity index (χ0n) is 20.6. The summed E-state index contributed by atoms with van der Waals surface area (Å²) in [5.74, 6) is 0.962. The lowest BCUT2D eigenvalue weighted by Crippen LogP contribution is -2.14. The molecule has 0 spiro atoms. The van der Waals surface area contributed by atoms with Gasteiger partial charge in [-0.25, -0.2) is 9.59 Å². The van der Waals surface area contributed by atoms with Crippen molar-refractivity contribution < 1.29 is 19.4 Å². The number of carboxylic acid groups (broad SMARTS) is 1. The number of carbonyl (C=O) groups excluding carboxylic acids is 1. The molecule has 0 saturated heterocycles. The summed E-state index contributed by atoms with van der Waals surface area (Å²) < 4.78 is 5.96. The maximum atomic E-state index is 13.2. The molecular formula is C31H32O4. The normalized spacial score (nSPS) is 22.0.